The summed E-state index contributed by atoms with van der Waals surface area (Å²) >= 11 is 0. The minimum Gasteiger partial charge on any atom is -0.381 e. The molecule has 0 radical (unpaired) electrons. The highest BCUT2D eigenvalue weighted by molar-refractivity contribution is 5.81. The van der Waals surface area contributed by atoms with Crippen LogP contribution in [0.4, 0.5) is 0 Å². The topological polar surface area (TPSA) is 62.1 Å². The van der Waals surface area contributed by atoms with Gasteiger partial charge in [0.15, 0.2) is 0 Å². The summed E-state index contributed by atoms with van der Waals surface area (Å²) in [5.74, 6) is -0.661. The molecule has 0 spiro atoms. The normalized spacial score (nSPS) is 12.2. The lowest BCUT2D eigenvalue weighted by Gasteiger charge is -2.12. The van der Waals surface area contributed by atoms with Gasteiger partial charge in [0.2, 0.25) is 5.91 Å². The summed E-state index contributed by atoms with van der Waals surface area (Å²) in [5, 5.41) is 11.6. The fourth-order valence-electron chi connectivity index (χ4n) is 1.25. The van der Waals surface area contributed by atoms with Gasteiger partial charge in [0.05, 0.1) is 6.07 Å². The van der Waals surface area contributed by atoms with E-state index in [0.29, 0.717) is 13.2 Å². The number of nitrogens with one attached hydrogen (secondary N) is 1. The summed E-state index contributed by atoms with van der Waals surface area (Å²) in [6, 6.07) is 2.02. The first kappa shape index (κ1) is 14.9. The van der Waals surface area contributed by atoms with E-state index < -0.39 is 5.92 Å². The molecule has 0 aliphatic carbocycles. The van der Waals surface area contributed by atoms with Gasteiger partial charge in [-0.3, -0.25) is 4.79 Å². The van der Waals surface area contributed by atoms with Crippen molar-refractivity contribution >= 4 is 5.91 Å². The molecule has 0 aromatic rings. The largest absolute Gasteiger partial charge is 0.381 e. The van der Waals surface area contributed by atoms with Crippen LogP contribution in [-0.4, -0.2) is 25.7 Å². The number of carbonyl (C=O) groups is 1. The summed E-state index contributed by atoms with van der Waals surface area (Å²) in [6.07, 6.45) is 1.80. The number of amides is 1. The lowest BCUT2D eigenvalue weighted by Crippen LogP contribution is -2.33. The van der Waals surface area contributed by atoms with Crippen LogP contribution < -0.4 is 5.32 Å². The second kappa shape index (κ2) is 9.17. The molecule has 1 atom stereocenters. The summed E-state index contributed by atoms with van der Waals surface area (Å²) in [6.45, 7) is 7.80. The minimum atomic E-state index is -0.545. The van der Waals surface area contributed by atoms with Crippen LogP contribution in [0.2, 0.25) is 0 Å². The third-order valence-corrected chi connectivity index (χ3v) is 2.20. The van der Waals surface area contributed by atoms with Crippen molar-refractivity contribution in [2.75, 3.05) is 19.8 Å². The molecule has 0 bridgehead atoms. The van der Waals surface area contributed by atoms with Crippen LogP contribution in [0.1, 0.15) is 33.6 Å². The molecule has 0 aliphatic heterocycles. The predicted octanol–water partition coefficient (Wildman–Crippen LogP) is 1.72. The van der Waals surface area contributed by atoms with E-state index in [-0.39, 0.29) is 11.8 Å². The monoisotopic (exact) mass is 226 g/mol. The Bertz CT molecular complexity index is 234. The summed E-state index contributed by atoms with van der Waals surface area (Å²) in [7, 11) is 0. The van der Waals surface area contributed by atoms with Crippen LogP contribution in [-0.2, 0) is 9.53 Å². The third kappa shape index (κ3) is 6.41. The average Bonchev–Trinajstić information content (AvgIpc) is 2.23. The minimum absolute atomic E-state index is 0.0568. The quantitative estimate of drug-likeness (QED) is 0.641. The zero-order valence-electron chi connectivity index (χ0n) is 10.5. The maximum atomic E-state index is 11.5. The third-order valence-electron chi connectivity index (χ3n) is 2.20. The van der Waals surface area contributed by atoms with Crippen LogP contribution >= 0.6 is 0 Å². The van der Waals surface area contributed by atoms with E-state index in [9.17, 15) is 4.79 Å². The van der Waals surface area contributed by atoms with Crippen molar-refractivity contribution in [1.82, 2.24) is 5.32 Å². The molecule has 0 saturated heterocycles. The zero-order chi connectivity index (χ0) is 12.4. The van der Waals surface area contributed by atoms with Gasteiger partial charge in [-0.15, -0.1) is 0 Å². The second-order valence-electron chi connectivity index (χ2n) is 4.11. The molecule has 1 unspecified atom stereocenters. The summed E-state index contributed by atoms with van der Waals surface area (Å²) in [4.78, 5) is 11.5. The van der Waals surface area contributed by atoms with Crippen LogP contribution in [0, 0.1) is 23.2 Å². The number of nitrogens with zero attached hydrogens (tertiary/aromatic N) is 1. The van der Waals surface area contributed by atoms with E-state index in [2.05, 4.69) is 12.2 Å². The van der Waals surface area contributed by atoms with Gasteiger partial charge in [-0.05, 0) is 18.8 Å². The highest BCUT2D eigenvalue weighted by Crippen LogP contribution is 2.08. The average molecular weight is 226 g/mol. The first-order chi connectivity index (χ1) is 7.63. The van der Waals surface area contributed by atoms with Gasteiger partial charge in [0, 0.05) is 19.8 Å². The van der Waals surface area contributed by atoms with Crippen LogP contribution in [0.15, 0.2) is 0 Å². The Labute approximate surface area is 98.0 Å². The van der Waals surface area contributed by atoms with Gasteiger partial charge < -0.3 is 10.1 Å². The Balaban J connectivity index is 3.61. The van der Waals surface area contributed by atoms with E-state index in [1.165, 1.54) is 0 Å². The molecule has 0 rings (SSSR count). The Morgan fingerprint density at radius 2 is 2.12 bits per heavy atom. The lowest BCUT2D eigenvalue weighted by atomic mass is 9.97. The number of nitriles is 1. The molecular formula is C12H22N2O2. The standard InChI is InChI=1S/C12H22N2O2/c1-4-7-16-8-5-6-14-12(15)11(9-13)10(2)3/h10-11H,4-8H2,1-3H3,(H,14,15). The molecule has 0 fully saturated rings. The lowest BCUT2D eigenvalue weighted by molar-refractivity contribution is -0.124. The van der Waals surface area contributed by atoms with Crippen LogP contribution in [0.3, 0.4) is 0 Å². The highest BCUT2D eigenvalue weighted by Gasteiger charge is 2.20. The van der Waals surface area contributed by atoms with Crippen LogP contribution in [0.25, 0.3) is 0 Å². The Hall–Kier alpha value is -1.08. The van der Waals surface area contributed by atoms with Gasteiger partial charge in [-0.2, -0.15) is 5.26 Å². The molecule has 0 aliphatic rings. The number of ether oxygens (including phenoxy) is 1. The van der Waals surface area contributed by atoms with E-state index in [0.717, 1.165) is 19.4 Å². The zero-order valence-corrected chi connectivity index (χ0v) is 10.5. The second-order valence-corrected chi connectivity index (χ2v) is 4.11. The van der Waals surface area contributed by atoms with Gasteiger partial charge in [0.1, 0.15) is 5.92 Å². The summed E-state index contributed by atoms with van der Waals surface area (Å²) in [5.41, 5.74) is 0. The fraction of sp³-hybridized carbons (Fsp3) is 0.833. The Morgan fingerprint density at radius 3 is 2.62 bits per heavy atom. The van der Waals surface area contributed by atoms with Gasteiger partial charge in [-0.1, -0.05) is 20.8 Å². The summed E-state index contributed by atoms with van der Waals surface area (Å²) < 4.78 is 5.28. The van der Waals surface area contributed by atoms with Crippen molar-refractivity contribution in [3.63, 3.8) is 0 Å². The predicted molar refractivity (Wildman–Crippen MR) is 62.7 cm³/mol. The van der Waals surface area contributed by atoms with E-state index in [1.807, 2.05) is 19.9 Å². The molecule has 92 valence electrons. The molecule has 0 heterocycles. The Kier molecular flexibility index (Phi) is 8.55. The number of hydrogen-bond acceptors (Lipinski definition) is 3. The molecule has 1 N–H and O–H groups in total. The number of rotatable bonds is 8. The first-order valence-corrected chi connectivity index (χ1v) is 5.88. The fourth-order valence-corrected chi connectivity index (χ4v) is 1.25. The molecule has 4 heteroatoms. The Morgan fingerprint density at radius 1 is 1.44 bits per heavy atom. The molecule has 4 nitrogen and oxygen atoms in total. The van der Waals surface area contributed by atoms with Crippen molar-refractivity contribution in [2.24, 2.45) is 11.8 Å². The van der Waals surface area contributed by atoms with Gasteiger partial charge >= 0.3 is 0 Å². The molecular weight excluding hydrogens is 204 g/mol. The molecule has 1 amide bonds. The molecule has 0 aromatic carbocycles. The maximum absolute atomic E-state index is 11.5. The first-order valence-electron chi connectivity index (χ1n) is 5.88. The van der Waals surface area contributed by atoms with Crippen molar-refractivity contribution in [3.05, 3.63) is 0 Å². The SMILES string of the molecule is CCCOCCCNC(=O)C(C#N)C(C)C. The van der Waals surface area contributed by atoms with E-state index >= 15 is 0 Å². The molecule has 16 heavy (non-hydrogen) atoms. The van der Waals surface area contributed by atoms with Gasteiger partial charge in [0.25, 0.3) is 0 Å². The van der Waals surface area contributed by atoms with Crippen molar-refractivity contribution in [3.8, 4) is 6.07 Å². The number of hydrogen-bond donors (Lipinski definition) is 1. The van der Waals surface area contributed by atoms with E-state index in [1.54, 1.807) is 0 Å². The maximum Gasteiger partial charge on any atom is 0.237 e. The van der Waals surface area contributed by atoms with E-state index in [4.69, 9.17) is 10.00 Å². The van der Waals surface area contributed by atoms with Crippen LogP contribution in [0.5, 0.6) is 0 Å². The smallest absolute Gasteiger partial charge is 0.237 e. The van der Waals surface area contributed by atoms with Crippen molar-refractivity contribution in [2.45, 2.75) is 33.6 Å². The van der Waals surface area contributed by atoms with Crippen molar-refractivity contribution in [1.29, 1.82) is 5.26 Å². The molecule has 0 saturated carbocycles. The number of carbonyl (C=O) groups excluding carboxylic acids is 1. The molecule has 0 aromatic heterocycles. The highest BCUT2D eigenvalue weighted by atomic mass is 16.5. The van der Waals surface area contributed by atoms with Crippen molar-refractivity contribution < 1.29 is 9.53 Å². The van der Waals surface area contributed by atoms with Gasteiger partial charge in [-0.25, -0.2) is 0 Å².